The van der Waals surface area contributed by atoms with Gasteiger partial charge in [-0.2, -0.15) is 0 Å². The lowest BCUT2D eigenvalue weighted by atomic mass is 10.1. The third-order valence-corrected chi connectivity index (χ3v) is 4.77. The highest BCUT2D eigenvalue weighted by Gasteiger charge is 2.38. The van der Waals surface area contributed by atoms with Crippen molar-refractivity contribution >= 4 is 23.6 Å². The minimum atomic E-state index is -0.875. The fourth-order valence-corrected chi connectivity index (χ4v) is 3.43. The van der Waals surface area contributed by atoms with E-state index in [1.165, 1.54) is 11.2 Å². The SMILES string of the molecule is NC(=O)[C@@H]1CCCN1C(=O)C(Cc1cnc[nH]1)NC(=O)C1CCC(=O)N1. The Morgan fingerprint density at radius 3 is 2.81 bits per heavy atom. The molecule has 0 radical (unpaired) electrons. The number of likely N-dealkylation sites (tertiary alicyclic amines) is 1. The highest BCUT2D eigenvalue weighted by atomic mass is 16.2. The van der Waals surface area contributed by atoms with Gasteiger partial charge in [-0.3, -0.25) is 19.2 Å². The van der Waals surface area contributed by atoms with Gasteiger partial charge in [-0.05, 0) is 19.3 Å². The van der Waals surface area contributed by atoms with Crippen LogP contribution >= 0.6 is 0 Å². The highest BCUT2D eigenvalue weighted by Crippen LogP contribution is 2.19. The summed E-state index contributed by atoms with van der Waals surface area (Å²) in [4.78, 5) is 56.6. The number of aromatic nitrogens is 2. The van der Waals surface area contributed by atoms with Gasteiger partial charge >= 0.3 is 0 Å². The van der Waals surface area contributed by atoms with Crippen molar-refractivity contribution in [1.29, 1.82) is 0 Å². The molecule has 3 rings (SSSR count). The van der Waals surface area contributed by atoms with E-state index in [-0.39, 0.29) is 24.7 Å². The van der Waals surface area contributed by atoms with Crippen molar-refractivity contribution in [2.45, 2.75) is 50.2 Å². The number of amides is 4. The summed E-state index contributed by atoms with van der Waals surface area (Å²) in [7, 11) is 0. The lowest BCUT2D eigenvalue weighted by Gasteiger charge is -2.28. The maximum Gasteiger partial charge on any atom is 0.246 e. The number of primary amides is 1. The summed E-state index contributed by atoms with van der Waals surface area (Å²) in [6.07, 6.45) is 5.13. The molecule has 2 aliphatic rings. The summed E-state index contributed by atoms with van der Waals surface area (Å²) in [5, 5.41) is 5.29. The monoisotopic (exact) mass is 362 g/mol. The number of carbonyl (C=O) groups is 4. The number of aromatic amines is 1. The van der Waals surface area contributed by atoms with Crippen molar-refractivity contribution in [2.75, 3.05) is 6.54 Å². The van der Waals surface area contributed by atoms with Crippen LogP contribution in [0.3, 0.4) is 0 Å². The van der Waals surface area contributed by atoms with E-state index in [1.54, 1.807) is 6.20 Å². The first-order chi connectivity index (χ1) is 12.5. The first-order valence-electron chi connectivity index (χ1n) is 8.62. The predicted molar refractivity (Wildman–Crippen MR) is 89.3 cm³/mol. The number of nitrogens with one attached hydrogen (secondary N) is 3. The molecule has 0 bridgehead atoms. The van der Waals surface area contributed by atoms with Crippen molar-refractivity contribution in [3.63, 3.8) is 0 Å². The minimum Gasteiger partial charge on any atom is -0.368 e. The lowest BCUT2D eigenvalue weighted by Crippen LogP contribution is -2.56. The number of imidazole rings is 1. The number of hydrogen-bond donors (Lipinski definition) is 4. The average molecular weight is 362 g/mol. The Morgan fingerprint density at radius 2 is 2.19 bits per heavy atom. The van der Waals surface area contributed by atoms with Crippen molar-refractivity contribution in [3.05, 3.63) is 18.2 Å². The third-order valence-electron chi connectivity index (χ3n) is 4.77. The van der Waals surface area contributed by atoms with Crippen molar-refractivity contribution in [3.8, 4) is 0 Å². The number of nitrogens with two attached hydrogens (primary N) is 1. The Kier molecular flexibility index (Phi) is 5.19. The van der Waals surface area contributed by atoms with Gasteiger partial charge < -0.3 is 26.3 Å². The van der Waals surface area contributed by atoms with Crippen LogP contribution in [0.1, 0.15) is 31.4 Å². The van der Waals surface area contributed by atoms with Crippen LogP contribution in [0.2, 0.25) is 0 Å². The first kappa shape index (κ1) is 17.9. The molecule has 4 amide bonds. The molecule has 1 aromatic rings. The fraction of sp³-hybridized carbons (Fsp3) is 0.562. The van der Waals surface area contributed by atoms with Crippen molar-refractivity contribution in [2.24, 2.45) is 5.73 Å². The average Bonchev–Trinajstić information content (AvgIpc) is 3.34. The van der Waals surface area contributed by atoms with Gasteiger partial charge in [0.1, 0.15) is 18.1 Å². The van der Waals surface area contributed by atoms with Crippen LogP contribution in [-0.4, -0.2) is 63.2 Å². The van der Waals surface area contributed by atoms with Crippen molar-refractivity contribution < 1.29 is 19.2 Å². The van der Waals surface area contributed by atoms with E-state index in [4.69, 9.17) is 5.73 Å². The first-order valence-corrected chi connectivity index (χ1v) is 8.62. The predicted octanol–water partition coefficient (Wildman–Crippen LogP) is -1.81. The zero-order valence-electron chi connectivity index (χ0n) is 14.2. The van der Waals surface area contributed by atoms with E-state index in [1.807, 2.05) is 0 Å². The van der Waals surface area contributed by atoms with Crippen LogP contribution in [0.25, 0.3) is 0 Å². The third kappa shape index (κ3) is 3.84. The van der Waals surface area contributed by atoms with Gasteiger partial charge in [-0.15, -0.1) is 0 Å². The van der Waals surface area contributed by atoms with Crippen LogP contribution in [-0.2, 0) is 25.6 Å². The number of nitrogens with zero attached hydrogens (tertiary/aromatic N) is 2. The van der Waals surface area contributed by atoms with E-state index in [9.17, 15) is 19.2 Å². The zero-order valence-corrected chi connectivity index (χ0v) is 14.2. The van der Waals surface area contributed by atoms with Gasteiger partial charge in [-0.25, -0.2) is 4.98 Å². The van der Waals surface area contributed by atoms with Gasteiger partial charge in [-0.1, -0.05) is 0 Å². The molecule has 2 unspecified atom stereocenters. The number of H-pyrrole nitrogens is 1. The molecule has 3 atom stereocenters. The minimum absolute atomic E-state index is 0.185. The summed E-state index contributed by atoms with van der Waals surface area (Å²) >= 11 is 0. The Morgan fingerprint density at radius 1 is 1.38 bits per heavy atom. The van der Waals surface area contributed by atoms with Gasteiger partial charge in [0.05, 0.1) is 6.33 Å². The molecule has 0 aliphatic carbocycles. The maximum atomic E-state index is 13.0. The zero-order chi connectivity index (χ0) is 18.7. The van der Waals surface area contributed by atoms with Gasteiger partial charge in [0.2, 0.25) is 23.6 Å². The Hall–Kier alpha value is -2.91. The normalized spacial score (nSPS) is 23.5. The summed E-state index contributed by atoms with van der Waals surface area (Å²) in [6.45, 7) is 0.419. The molecule has 2 saturated heterocycles. The number of carbonyl (C=O) groups excluding carboxylic acids is 4. The summed E-state index contributed by atoms with van der Waals surface area (Å²) in [5.41, 5.74) is 6.07. The molecule has 5 N–H and O–H groups in total. The van der Waals surface area contributed by atoms with Gasteiger partial charge in [0.15, 0.2) is 0 Å². The van der Waals surface area contributed by atoms with Crippen molar-refractivity contribution in [1.82, 2.24) is 25.5 Å². The van der Waals surface area contributed by atoms with E-state index < -0.39 is 29.9 Å². The van der Waals surface area contributed by atoms with E-state index in [2.05, 4.69) is 20.6 Å². The summed E-state index contributed by atoms with van der Waals surface area (Å²) in [6, 6.07) is -2.18. The maximum absolute atomic E-state index is 13.0. The second-order valence-electron chi connectivity index (χ2n) is 6.59. The summed E-state index contributed by atoms with van der Waals surface area (Å²) < 4.78 is 0. The number of rotatable bonds is 6. The summed E-state index contributed by atoms with van der Waals surface area (Å²) in [5.74, 6) is -1.51. The highest BCUT2D eigenvalue weighted by molar-refractivity contribution is 5.95. The molecule has 140 valence electrons. The van der Waals surface area contributed by atoms with Crippen LogP contribution < -0.4 is 16.4 Å². The molecule has 2 aliphatic heterocycles. The Balaban J connectivity index is 1.74. The van der Waals surface area contributed by atoms with E-state index in [0.717, 1.165) is 0 Å². The Labute approximate surface area is 149 Å². The largest absolute Gasteiger partial charge is 0.368 e. The fourth-order valence-electron chi connectivity index (χ4n) is 3.43. The number of hydrogen-bond acceptors (Lipinski definition) is 5. The van der Waals surface area contributed by atoms with E-state index in [0.29, 0.717) is 31.5 Å². The molecule has 3 heterocycles. The van der Waals surface area contributed by atoms with Crippen LogP contribution in [0.4, 0.5) is 0 Å². The van der Waals surface area contributed by atoms with E-state index >= 15 is 0 Å². The molecular weight excluding hydrogens is 340 g/mol. The lowest BCUT2D eigenvalue weighted by molar-refractivity contribution is -0.140. The molecule has 10 nitrogen and oxygen atoms in total. The molecular formula is C16H22N6O4. The topological polar surface area (TPSA) is 150 Å². The quantitative estimate of drug-likeness (QED) is 0.470. The van der Waals surface area contributed by atoms with Crippen LogP contribution in [0, 0.1) is 0 Å². The molecule has 0 aromatic carbocycles. The van der Waals surface area contributed by atoms with Crippen LogP contribution in [0.15, 0.2) is 12.5 Å². The second-order valence-corrected chi connectivity index (χ2v) is 6.59. The van der Waals surface area contributed by atoms with Gasteiger partial charge in [0, 0.05) is 31.3 Å². The molecule has 10 heteroatoms. The molecule has 0 spiro atoms. The smallest absolute Gasteiger partial charge is 0.246 e. The molecule has 0 saturated carbocycles. The molecule has 26 heavy (non-hydrogen) atoms. The standard InChI is InChI=1S/C16H22N6O4/c17-14(24)12-2-1-5-22(12)16(26)11(6-9-7-18-8-19-9)21-15(25)10-3-4-13(23)20-10/h7-8,10-12H,1-6H2,(H2,17,24)(H,18,19)(H,20,23)(H,21,25)/t10?,11?,12-/m0/s1. The van der Waals surface area contributed by atoms with Crippen LogP contribution in [0.5, 0.6) is 0 Å². The molecule has 1 aromatic heterocycles. The molecule has 2 fully saturated rings. The Bertz CT molecular complexity index is 704. The second kappa shape index (κ2) is 7.54. The van der Waals surface area contributed by atoms with Gasteiger partial charge in [0.25, 0.3) is 0 Å².